The van der Waals surface area contributed by atoms with Gasteiger partial charge in [0, 0.05) is 12.5 Å². The van der Waals surface area contributed by atoms with Gasteiger partial charge in [-0.1, -0.05) is 18.0 Å². The second kappa shape index (κ2) is 5.30. The molecule has 1 aliphatic rings. The Morgan fingerprint density at radius 2 is 2.50 bits per heavy atom. The van der Waals surface area contributed by atoms with Crippen molar-refractivity contribution in [3.8, 4) is 0 Å². The molecule has 0 radical (unpaired) electrons. The van der Waals surface area contributed by atoms with Gasteiger partial charge in [0.05, 0.1) is 12.1 Å². The van der Waals surface area contributed by atoms with Crippen LogP contribution in [0.3, 0.4) is 0 Å². The maximum atomic E-state index is 8.32. The molecule has 0 bridgehead atoms. The predicted octanol–water partition coefficient (Wildman–Crippen LogP) is 2.90. The van der Waals surface area contributed by atoms with Gasteiger partial charge in [-0.2, -0.15) is 0 Å². The lowest BCUT2D eigenvalue weighted by molar-refractivity contribution is 0.160. The third kappa shape index (κ3) is 2.59. The number of hydrogen-bond acceptors (Lipinski definition) is 3. The minimum absolute atomic E-state index is 0.0139. The van der Waals surface area contributed by atoms with Crippen molar-refractivity contribution < 1.29 is 5.55 Å². The molecule has 4 nitrogen and oxygen atoms in total. The molecule has 5 heteroatoms. The number of rotatable bonds is 3. The second-order valence-corrected chi connectivity index (χ2v) is 3.24. The van der Waals surface area contributed by atoms with Gasteiger partial charge in [-0.05, 0) is 30.4 Å². The van der Waals surface area contributed by atoms with E-state index in [4.69, 9.17) is 11.1 Å². The fourth-order valence-corrected chi connectivity index (χ4v) is 1.87. The third-order valence-corrected chi connectivity index (χ3v) is 2.44. The predicted molar refractivity (Wildman–Crippen MR) is 49.8 cm³/mol. The molecule has 1 fully saturated rings. The number of hydrogen-bond donors (Lipinski definition) is 0. The summed E-state index contributed by atoms with van der Waals surface area (Å²) in [5, 5.41) is 3.70. The lowest BCUT2D eigenvalue weighted by atomic mass is 9.93. The van der Waals surface area contributed by atoms with Gasteiger partial charge in [-0.15, -0.1) is 0 Å². The van der Waals surface area contributed by atoms with E-state index in [9.17, 15) is 0 Å². The molecule has 0 saturated heterocycles. The summed E-state index contributed by atoms with van der Waals surface area (Å²) in [7, 11) is 0. The smallest absolute Gasteiger partial charge is 0.0806 e. The van der Waals surface area contributed by atoms with E-state index in [1.165, 1.54) is 0 Å². The summed E-state index contributed by atoms with van der Waals surface area (Å²) >= 11 is 1.13. The second-order valence-electron chi connectivity index (χ2n) is 2.81. The third-order valence-electron chi connectivity index (χ3n) is 2.06. The molecular formula is C7H13N3OS. The highest BCUT2D eigenvalue weighted by molar-refractivity contribution is 7.93. The fourth-order valence-electron chi connectivity index (χ4n) is 1.48. The van der Waals surface area contributed by atoms with Gasteiger partial charge in [0.1, 0.15) is 0 Å². The maximum absolute atomic E-state index is 8.32. The standard InChI is InChI=1S/C7H13N3OS/c1-12-11-7-5-3-2-4-6(7)9-10-8/h6-7H,2-5H2,1H3/t6-,7-/m0/s1/i1T. The molecule has 0 aliphatic heterocycles. The molecule has 0 aromatic heterocycles. The van der Waals surface area contributed by atoms with Crippen molar-refractivity contribution in [3.63, 3.8) is 0 Å². The molecule has 0 spiro atoms. The zero-order valence-electron chi connectivity index (χ0n) is 7.85. The van der Waals surface area contributed by atoms with Crippen LogP contribution >= 0.6 is 12.0 Å². The summed E-state index contributed by atoms with van der Waals surface area (Å²) in [6.07, 6.45) is 4.29. The molecule has 12 heavy (non-hydrogen) atoms. The van der Waals surface area contributed by atoms with Crippen molar-refractivity contribution in [2.24, 2.45) is 5.11 Å². The van der Waals surface area contributed by atoms with E-state index in [0.717, 1.165) is 37.7 Å². The molecule has 0 amide bonds. The zero-order chi connectivity index (χ0) is 9.52. The minimum atomic E-state index is -0.0298. The van der Waals surface area contributed by atoms with Crippen LogP contribution in [0.5, 0.6) is 0 Å². The van der Waals surface area contributed by atoms with Gasteiger partial charge in [0.15, 0.2) is 0 Å². The van der Waals surface area contributed by atoms with Crippen LogP contribution in [0.1, 0.15) is 27.1 Å². The van der Waals surface area contributed by atoms with Crippen molar-refractivity contribution in [2.75, 3.05) is 6.23 Å². The van der Waals surface area contributed by atoms with Crippen molar-refractivity contribution in [2.45, 2.75) is 37.8 Å². The van der Waals surface area contributed by atoms with Gasteiger partial charge in [0.2, 0.25) is 0 Å². The highest BCUT2D eigenvalue weighted by atomic mass is 32.2. The van der Waals surface area contributed by atoms with E-state index >= 15 is 0 Å². The zero-order valence-corrected chi connectivity index (χ0v) is 7.66. The van der Waals surface area contributed by atoms with Crippen LogP contribution in [0.15, 0.2) is 5.11 Å². The highest BCUT2D eigenvalue weighted by Crippen LogP contribution is 2.26. The Labute approximate surface area is 77.9 Å². The van der Waals surface area contributed by atoms with E-state index < -0.39 is 0 Å². The van der Waals surface area contributed by atoms with E-state index in [1.807, 2.05) is 0 Å². The first-order chi connectivity index (χ1) is 6.38. The lowest BCUT2D eigenvalue weighted by Crippen LogP contribution is -2.28. The summed E-state index contributed by atoms with van der Waals surface area (Å²) in [6, 6.07) is -0.0298. The van der Waals surface area contributed by atoms with Crippen molar-refractivity contribution in [1.29, 1.82) is 0 Å². The first-order valence-corrected chi connectivity index (χ1v) is 4.91. The van der Waals surface area contributed by atoms with E-state index in [-0.39, 0.29) is 18.4 Å². The first-order valence-electron chi connectivity index (χ1n) is 4.71. The molecule has 1 aliphatic carbocycles. The van der Waals surface area contributed by atoms with Gasteiger partial charge >= 0.3 is 0 Å². The molecule has 0 unspecified atom stereocenters. The molecule has 0 aromatic carbocycles. The van der Waals surface area contributed by atoms with Gasteiger partial charge in [0.25, 0.3) is 0 Å². The monoisotopic (exact) mass is 189 g/mol. The van der Waals surface area contributed by atoms with Crippen LogP contribution in [0.25, 0.3) is 10.4 Å². The van der Waals surface area contributed by atoms with E-state index in [0.29, 0.717) is 0 Å². The number of nitrogens with zero attached hydrogens (tertiary/aromatic N) is 3. The summed E-state index contributed by atoms with van der Waals surface area (Å²) in [5.74, 6) is 0. The fraction of sp³-hybridized carbons (Fsp3) is 1.00. The Morgan fingerprint density at radius 3 is 3.25 bits per heavy atom. The SMILES string of the molecule is [3H]CSO[C@H]1CCCC[C@@H]1N=[N+]=[N-]. The molecule has 0 aromatic rings. The average molecular weight is 189 g/mol. The van der Waals surface area contributed by atoms with Crippen molar-refractivity contribution in [1.82, 2.24) is 0 Å². The Kier molecular flexibility index (Phi) is 3.63. The Hall–Kier alpha value is -0.380. The molecule has 0 N–H and O–H groups in total. The van der Waals surface area contributed by atoms with Crippen molar-refractivity contribution >= 4 is 12.0 Å². The van der Waals surface area contributed by atoms with Gasteiger partial charge < -0.3 is 4.18 Å². The summed E-state index contributed by atoms with van der Waals surface area (Å²) in [5.41, 5.74) is 8.32. The molecule has 1 saturated carbocycles. The van der Waals surface area contributed by atoms with E-state index in [1.54, 1.807) is 0 Å². The normalized spacial score (nSPS) is 30.5. The Bertz CT molecular complexity index is 198. The highest BCUT2D eigenvalue weighted by Gasteiger charge is 2.24. The van der Waals surface area contributed by atoms with Crippen LogP contribution in [-0.2, 0) is 4.18 Å². The first kappa shape index (κ1) is 8.23. The van der Waals surface area contributed by atoms with Crippen LogP contribution in [0.2, 0.25) is 0 Å². The topological polar surface area (TPSA) is 58.0 Å². The van der Waals surface area contributed by atoms with Gasteiger partial charge in [-0.25, -0.2) is 0 Å². The maximum Gasteiger partial charge on any atom is 0.0806 e. The van der Waals surface area contributed by atoms with Crippen LogP contribution in [0, 0.1) is 0 Å². The van der Waals surface area contributed by atoms with Crippen molar-refractivity contribution in [3.05, 3.63) is 10.4 Å². The largest absolute Gasteiger partial charge is 0.312 e. The molecule has 68 valence electrons. The van der Waals surface area contributed by atoms with Crippen LogP contribution < -0.4 is 0 Å². The van der Waals surface area contributed by atoms with Crippen LogP contribution in [0.4, 0.5) is 0 Å². The summed E-state index contributed by atoms with van der Waals surface area (Å²) in [4.78, 5) is 2.81. The molecule has 0 heterocycles. The Morgan fingerprint density at radius 1 is 1.67 bits per heavy atom. The molecule has 2 atom stereocenters. The Balaban J connectivity index is 2.41. The lowest BCUT2D eigenvalue weighted by Gasteiger charge is -2.26. The summed E-state index contributed by atoms with van der Waals surface area (Å²) < 4.78 is 12.3. The van der Waals surface area contributed by atoms with E-state index in [2.05, 4.69) is 10.0 Å². The molecule has 1 rings (SSSR count). The quantitative estimate of drug-likeness (QED) is 0.296. The van der Waals surface area contributed by atoms with Crippen LogP contribution in [-0.4, -0.2) is 18.4 Å². The average Bonchev–Trinajstić information content (AvgIpc) is 2.17. The van der Waals surface area contributed by atoms with Gasteiger partial charge in [-0.3, -0.25) is 0 Å². The minimum Gasteiger partial charge on any atom is -0.312 e. The number of azide groups is 1. The summed E-state index contributed by atoms with van der Waals surface area (Å²) in [6.45, 7) is 0. The molecular weight excluding hydrogens is 174 g/mol.